The summed E-state index contributed by atoms with van der Waals surface area (Å²) in [6.07, 6.45) is 9.01. The Bertz CT molecular complexity index is 805. The summed E-state index contributed by atoms with van der Waals surface area (Å²) >= 11 is 1.35. The molecule has 3 heterocycles. The molecule has 21 heavy (non-hydrogen) atoms. The molecule has 0 radical (unpaired) electrons. The predicted molar refractivity (Wildman–Crippen MR) is 78.5 cm³/mol. The Balaban J connectivity index is 1.61. The molecule has 3 rings (SSSR count). The molecule has 0 saturated carbocycles. The van der Waals surface area contributed by atoms with Crippen LogP contribution in [0.1, 0.15) is 16.8 Å². The minimum Gasteiger partial charge on any atom is -0.352 e. The second-order valence-corrected chi connectivity index (χ2v) is 5.32. The van der Waals surface area contributed by atoms with Crippen molar-refractivity contribution in [2.24, 2.45) is 0 Å². The number of aryl methyl sites for hydroxylation is 1. The van der Waals surface area contributed by atoms with Crippen LogP contribution in [-0.2, 0) is 6.54 Å². The Hall–Kier alpha value is -2.48. The largest absolute Gasteiger partial charge is 0.352 e. The van der Waals surface area contributed by atoms with Crippen molar-refractivity contribution in [2.45, 2.75) is 13.0 Å². The Morgan fingerprint density at radius 1 is 1.38 bits per heavy atom. The summed E-state index contributed by atoms with van der Waals surface area (Å²) in [7, 11) is 0. The second kappa shape index (κ2) is 5.88. The Kier molecular flexibility index (Phi) is 3.78. The van der Waals surface area contributed by atoms with Gasteiger partial charge in [0.2, 0.25) is 0 Å². The van der Waals surface area contributed by atoms with Crippen LogP contribution in [0.25, 0.3) is 4.96 Å². The lowest BCUT2D eigenvalue weighted by Gasteiger charge is -2.05. The normalized spacial score (nSPS) is 10.9. The van der Waals surface area contributed by atoms with Crippen molar-refractivity contribution >= 4 is 22.2 Å². The highest BCUT2D eigenvalue weighted by molar-refractivity contribution is 7.15. The number of thiazole rings is 1. The van der Waals surface area contributed by atoms with Crippen molar-refractivity contribution in [2.75, 3.05) is 6.54 Å². The van der Waals surface area contributed by atoms with E-state index in [9.17, 15) is 9.59 Å². The van der Waals surface area contributed by atoms with E-state index in [2.05, 4.69) is 15.3 Å². The van der Waals surface area contributed by atoms with Gasteiger partial charge < -0.3 is 9.88 Å². The molecule has 0 bridgehead atoms. The molecule has 1 amide bonds. The zero-order chi connectivity index (χ0) is 14.7. The first-order valence-electron chi connectivity index (χ1n) is 6.44. The Labute approximate surface area is 123 Å². The average molecular weight is 303 g/mol. The van der Waals surface area contributed by atoms with Crippen molar-refractivity contribution in [3.05, 3.63) is 52.4 Å². The van der Waals surface area contributed by atoms with Crippen LogP contribution in [0.4, 0.5) is 0 Å². The van der Waals surface area contributed by atoms with E-state index in [1.165, 1.54) is 21.9 Å². The molecule has 0 saturated heterocycles. The summed E-state index contributed by atoms with van der Waals surface area (Å²) in [6, 6.07) is 0. The summed E-state index contributed by atoms with van der Waals surface area (Å²) in [5.74, 6) is -0.390. The zero-order valence-electron chi connectivity index (χ0n) is 11.1. The van der Waals surface area contributed by atoms with Crippen LogP contribution in [0.3, 0.4) is 0 Å². The maximum absolute atomic E-state index is 12.1. The number of hydrogen-bond donors (Lipinski definition) is 1. The molecule has 0 aliphatic carbocycles. The monoisotopic (exact) mass is 303 g/mol. The molecule has 0 unspecified atom stereocenters. The summed E-state index contributed by atoms with van der Waals surface area (Å²) in [6.45, 7) is 1.25. The predicted octanol–water partition coefficient (Wildman–Crippen LogP) is 0.773. The van der Waals surface area contributed by atoms with Crippen LogP contribution in [0.2, 0.25) is 0 Å². The van der Waals surface area contributed by atoms with Crippen LogP contribution in [-0.4, -0.2) is 31.4 Å². The van der Waals surface area contributed by atoms with Gasteiger partial charge in [-0.05, 0) is 6.42 Å². The van der Waals surface area contributed by atoms with E-state index >= 15 is 0 Å². The van der Waals surface area contributed by atoms with Crippen LogP contribution >= 0.6 is 11.3 Å². The lowest BCUT2D eigenvalue weighted by atomic mass is 10.3. The Morgan fingerprint density at radius 2 is 2.29 bits per heavy atom. The van der Waals surface area contributed by atoms with Gasteiger partial charge in [-0.3, -0.25) is 14.0 Å². The topological polar surface area (TPSA) is 81.3 Å². The molecular formula is C13H13N5O2S. The fourth-order valence-corrected chi connectivity index (χ4v) is 2.63. The number of hydrogen-bond acceptors (Lipinski definition) is 5. The fraction of sp³-hybridized carbons (Fsp3) is 0.231. The Morgan fingerprint density at radius 3 is 3.10 bits per heavy atom. The number of carbonyl (C=O) groups excluding carboxylic acids is 1. The number of fused-ring (bicyclic) bond motifs is 1. The number of rotatable bonds is 5. The third kappa shape index (κ3) is 2.84. The summed E-state index contributed by atoms with van der Waals surface area (Å²) < 4.78 is 3.31. The minimum atomic E-state index is -0.390. The molecule has 0 aliphatic rings. The zero-order valence-corrected chi connectivity index (χ0v) is 11.9. The second-order valence-electron chi connectivity index (χ2n) is 4.44. The van der Waals surface area contributed by atoms with E-state index in [0.29, 0.717) is 11.5 Å². The van der Waals surface area contributed by atoms with Gasteiger partial charge in [-0.15, -0.1) is 11.3 Å². The molecule has 0 spiro atoms. The number of aromatic nitrogens is 4. The number of imidazole rings is 1. The summed E-state index contributed by atoms with van der Waals surface area (Å²) in [5.41, 5.74) is -0.276. The molecule has 1 N–H and O–H groups in total. The van der Waals surface area contributed by atoms with Gasteiger partial charge in [-0.2, -0.15) is 0 Å². The van der Waals surface area contributed by atoms with Crippen molar-refractivity contribution in [3.8, 4) is 0 Å². The average Bonchev–Trinajstić information content (AvgIpc) is 3.15. The fourth-order valence-electron chi connectivity index (χ4n) is 1.96. The van der Waals surface area contributed by atoms with Gasteiger partial charge in [-0.1, -0.05) is 0 Å². The van der Waals surface area contributed by atoms with E-state index in [1.54, 1.807) is 24.1 Å². The lowest BCUT2D eigenvalue weighted by Crippen LogP contribution is -2.32. The van der Waals surface area contributed by atoms with E-state index < -0.39 is 5.91 Å². The quantitative estimate of drug-likeness (QED) is 0.706. The van der Waals surface area contributed by atoms with Gasteiger partial charge in [0.1, 0.15) is 5.56 Å². The molecule has 0 aliphatic heterocycles. The van der Waals surface area contributed by atoms with Gasteiger partial charge in [-0.25, -0.2) is 9.97 Å². The number of nitrogens with one attached hydrogen (secondary N) is 1. The van der Waals surface area contributed by atoms with Crippen LogP contribution in [0, 0.1) is 0 Å². The van der Waals surface area contributed by atoms with Gasteiger partial charge >= 0.3 is 0 Å². The number of carbonyl (C=O) groups is 1. The van der Waals surface area contributed by atoms with E-state index in [0.717, 1.165) is 13.0 Å². The standard InChI is InChI=1S/C13H13N5O2S/c19-11(15-2-1-4-17-5-3-14-9-17)10-8-16-13-18(12(10)20)6-7-21-13/h3,5-9H,1-2,4H2,(H,15,19). The first-order chi connectivity index (χ1) is 10.3. The molecule has 0 aromatic carbocycles. The lowest BCUT2D eigenvalue weighted by molar-refractivity contribution is 0.0950. The SMILES string of the molecule is O=C(NCCCn1ccnc1)c1cnc2sccn2c1=O. The van der Waals surface area contributed by atoms with Gasteiger partial charge in [0.05, 0.1) is 6.33 Å². The van der Waals surface area contributed by atoms with Gasteiger partial charge in [0.15, 0.2) is 4.96 Å². The van der Waals surface area contributed by atoms with Crippen LogP contribution in [0.15, 0.2) is 41.3 Å². The highest BCUT2D eigenvalue weighted by Gasteiger charge is 2.12. The molecule has 8 heteroatoms. The molecular weight excluding hydrogens is 290 g/mol. The van der Waals surface area contributed by atoms with Crippen LogP contribution in [0.5, 0.6) is 0 Å². The maximum Gasteiger partial charge on any atom is 0.271 e. The molecule has 7 nitrogen and oxygen atoms in total. The third-order valence-electron chi connectivity index (χ3n) is 3.03. The first kappa shape index (κ1) is 13.5. The van der Waals surface area contributed by atoms with E-state index in [4.69, 9.17) is 0 Å². The van der Waals surface area contributed by atoms with Crippen molar-refractivity contribution in [1.29, 1.82) is 0 Å². The molecule has 0 atom stereocenters. The molecule has 0 fully saturated rings. The third-order valence-corrected chi connectivity index (χ3v) is 3.80. The van der Waals surface area contributed by atoms with Crippen molar-refractivity contribution < 1.29 is 4.79 Å². The number of amides is 1. The first-order valence-corrected chi connectivity index (χ1v) is 7.32. The summed E-state index contributed by atoms with van der Waals surface area (Å²) in [4.78, 5) is 32.7. The summed E-state index contributed by atoms with van der Waals surface area (Å²) in [5, 5.41) is 4.50. The van der Waals surface area contributed by atoms with E-state index in [1.807, 2.05) is 10.8 Å². The smallest absolute Gasteiger partial charge is 0.271 e. The highest BCUT2D eigenvalue weighted by Crippen LogP contribution is 2.05. The minimum absolute atomic E-state index is 0.0635. The van der Waals surface area contributed by atoms with E-state index in [-0.39, 0.29) is 11.1 Å². The maximum atomic E-state index is 12.1. The van der Waals surface area contributed by atoms with Crippen LogP contribution < -0.4 is 10.9 Å². The number of nitrogens with zero attached hydrogens (tertiary/aromatic N) is 4. The molecule has 3 aromatic rings. The molecule has 108 valence electrons. The van der Waals surface area contributed by atoms with Gasteiger partial charge in [0.25, 0.3) is 11.5 Å². The van der Waals surface area contributed by atoms with Crippen molar-refractivity contribution in [3.63, 3.8) is 0 Å². The van der Waals surface area contributed by atoms with Crippen molar-refractivity contribution in [1.82, 2.24) is 24.3 Å². The molecule has 3 aromatic heterocycles. The highest BCUT2D eigenvalue weighted by atomic mass is 32.1. The van der Waals surface area contributed by atoms with Gasteiger partial charge in [0, 0.05) is 43.3 Å².